The lowest BCUT2D eigenvalue weighted by molar-refractivity contribution is 0.268. The topological polar surface area (TPSA) is 32.3 Å². The lowest BCUT2D eigenvalue weighted by atomic mass is 10.0. The van der Waals surface area contributed by atoms with Gasteiger partial charge in [0.15, 0.2) is 0 Å². The van der Waals surface area contributed by atoms with Crippen molar-refractivity contribution in [1.82, 2.24) is 5.32 Å². The first-order chi connectivity index (χ1) is 7.15. The number of benzene rings is 1. The smallest absolute Gasteiger partial charge is 0.0445 e. The Bertz CT molecular complexity index is 309. The monoisotopic (exact) mass is 207 g/mol. The van der Waals surface area contributed by atoms with E-state index in [2.05, 4.69) is 44.3 Å². The van der Waals surface area contributed by atoms with Gasteiger partial charge in [0.25, 0.3) is 0 Å². The number of rotatable bonds is 5. The molecule has 1 rings (SSSR count). The molecule has 0 bridgehead atoms. The van der Waals surface area contributed by atoms with Crippen molar-refractivity contribution in [2.45, 2.75) is 39.8 Å². The summed E-state index contributed by atoms with van der Waals surface area (Å²) in [4.78, 5) is 0. The average Bonchev–Trinajstić information content (AvgIpc) is 2.21. The van der Waals surface area contributed by atoms with Crippen LogP contribution in [-0.2, 0) is 6.54 Å². The molecule has 0 radical (unpaired) electrons. The molecule has 0 saturated carbocycles. The third-order valence-corrected chi connectivity index (χ3v) is 2.92. The maximum absolute atomic E-state index is 8.79. The first-order valence-corrected chi connectivity index (χ1v) is 5.54. The van der Waals surface area contributed by atoms with Crippen LogP contribution >= 0.6 is 0 Å². The van der Waals surface area contributed by atoms with Crippen LogP contribution in [0.25, 0.3) is 0 Å². The zero-order valence-corrected chi connectivity index (χ0v) is 9.88. The molecule has 1 aromatic carbocycles. The molecule has 0 aliphatic rings. The summed E-state index contributed by atoms with van der Waals surface area (Å²) < 4.78 is 0. The van der Waals surface area contributed by atoms with E-state index in [9.17, 15) is 0 Å². The molecule has 1 atom stereocenters. The number of aryl methyl sites for hydroxylation is 1. The fourth-order valence-corrected chi connectivity index (χ4v) is 1.58. The van der Waals surface area contributed by atoms with E-state index in [-0.39, 0.29) is 6.61 Å². The van der Waals surface area contributed by atoms with E-state index in [1.807, 2.05) is 0 Å². The molecular formula is C13H21NO. The summed E-state index contributed by atoms with van der Waals surface area (Å²) in [6.07, 6.45) is 0.810. The fourth-order valence-electron chi connectivity index (χ4n) is 1.58. The van der Waals surface area contributed by atoms with Crippen molar-refractivity contribution in [3.63, 3.8) is 0 Å². The molecule has 15 heavy (non-hydrogen) atoms. The van der Waals surface area contributed by atoms with Gasteiger partial charge in [0, 0.05) is 19.2 Å². The standard InChI is InChI=1S/C13H21NO/c1-10-5-4-6-13(12(10)3)9-14-11(2)7-8-15/h4-6,11,14-15H,7-9H2,1-3H3/t11-/m1/s1. The molecule has 84 valence electrons. The van der Waals surface area contributed by atoms with Crippen LogP contribution in [0, 0.1) is 13.8 Å². The predicted octanol–water partition coefficient (Wildman–Crippen LogP) is 2.16. The first-order valence-electron chi connectivity index (χ1n) is 5.54. The van der Waals surface area contributed by atoms with Gasteiger partial charge in [-0.15, -0.1) is 0 Å². The highest BCUT2D eigenvalue weighted by Crippen LogP contribution is 2.12. The van der Waals surface area contributed by atoms with Gasteiger partial charge in [-0.1, -0.05) is 18.2 Å². The van der Waals surface area contributed by atoms with Gasteiger partial charge in [0.1, 0.15) is 0 Å². The van der Waals surface area contributed by atoms with Gasteiger partial charge in [-0.05, 0) is 43.9 Å². The van der Waals surface area contributed by atoms with Crippen molar-refractivity contribution in [3.05, 3.63) is 34.9 Å². The number of hydrogen-bond acceptors (Lipinski definition) is 2. The van der Waals surface area contributed by atoms with Crippen molar-refractivity contribution in [1.29, 1.82) is 0 Å². The summed E-state index contributed by atoms with van der Waals surface area (Å²) in [5.41, 5.74) is 4.05. The van der Waals surface area contributed by atoms with Crippen LogP contribution < -0.4 is 5.32 Å². The molecule has 0 spiro atoms. The predicted molar refractivity (Wildman–Crippen MR) is 63.9 cm³/mol. The summed E-state index contributed by atoms with van der Waals surface area (Å²) in [7, 11) is 0. The van der Waals surface area contributed by atoms with E-state index in [4.69, 9.17) is 5.11 Å². The van der Waals surface area contributed by atoms with Crippen LogP contribution in [0.5, 0.6) is 0 Å². The Hall–Kier alpha value is -0.860. The van der Waals surface area contributed by atoms with Crippen LogP contribution in [0.4, 0.5) is 0 Å². The average molecular weight is 207 g/mol. The van der Waals surface area contributed by atoms with Gasteiger partial charge >= 0.3 is 0 Å². The summed E-state index contributed by atoms with van der Waals surface area (Å²) in [6.45, 7) is 7.52. The minimum Gasteiger partial charge on any atom is -0.396 e. The second-order valence-electron chi connectivity index (χ2n) is 4.15. The zero-order valence-electron chi connectivity index (χ0n) is 9.88. The summed E-state index contributed by atoms with van der Waals surface area (Å²) in [5.74, 6) is 0. The fraction of sp³-hybridized carbons (Fsp3) is 0.538. The highest BCUT2D eigenvalue weighted by molar-refractivity contribution is 5.32. The third-order valence-electron chi connectivity index (χ3n) is 2.92. The van der Waals surface area contributed by atoms with Crippen molar-refractivity contribution < 1.29 is 5.11 Å². The molecule has 2 nitrogen and oxygen atoms in total. The Morgan fingerprint density at radius 3 is 2.73 bits per heavy atom. The number of nitrogens with one attached hydrogen (secondary N) is 1. The largest absolute Gasteiger partial charge is 0.396 e. The van der Waals surface area contributed by atoms with E-state index in [0.29, 0.717) is 6.04 Å². The van der Waals surface area contributed by atoms with E-state index < -0.39 is 0 Å². The van der Waals surface area contributed by atoms with Crippen molar-refractivity contribution in [2.24, 2.45) is 0 Å². The molecule has 0 amide bonds. The molecular weight excluding hydrogens is 186 g/mol. The first kappa shape index (κ1) is 12.2. The molecule has 0 fully saturated rings. The van der Waals surface area contributed by atoms with Crippen molar-refractivity contribution in [2.75, 3.05) is 6.61 Å². The molecule has 2 N–H and O–H groups in total. The molecule has 2 heteroatoms. The summed E-state index contributed by atoms with van der Waals surface area (Å²) >= 11 is 0. The molecule has 1 aromatic rings. The Kier molecular flexibility index (Phi) is 4.79. The minimum absolute atomic E-state index is 0.251. The van der Waals surface area contributed by atoms with Crippen LogP contribution in [0.1, 0.15) is 30.0 Å². The lowest BCUT2D eigenvalue weighted by Crippen LogP contribution is -2.26. The van der Waals surface area contributed by atoms with E-state index in [1.165, 1.54) is 16.7 Å². The Labute approximate surface area is 92.3 Å². The van der Waals surface area contributed by atoms with Gasteiger partial charge < -0.3 is 10.4 Å². The molecule has 0 heterocycles. The normalized spacial score (nSPS) is 12.8. The van der Waals surface area contributed by atoms with Gasteiger partial charge in [-0.3, -0.25) is 0 Å². The van der Waals surface area contributed by atoms with Gasteiger partial charge in [0.2, 0.25) is 0 Å². The van der Waals surface area contributed by atoms with Crippen molar-refractivity contribution >= 4 is 0 Å². The van der Waals surface area contributed by atoms with Crippen LogP contribution in [0.15, 0.2) is 18.2 Å². The number of aliphatic hydroxyl groups excluding tert-OH is 1. The minimum atomic E-state index is 0.251. The quantitative estimate of drug-likeness (QED) is 0.775. The van der Waals surface area contributed by atoms with E-state index in [1.54, 1.807) is 0 Å². The summed E-state index contributed by atoms with van der Waals surface area (Å²) in [6, 6.07) is 6.75. The summed E-state index contributed by atoms with van der Waals surface area (Å²) in [5, 5.41) is 12.2. The van der Waals surface area contributed by atoms with Gasteiger partial charge in [-0.25, -0.2) is 0 Å². The molecule has 0 aliphatic carbocycles. The van der Waals surface area contributed by atoms with Crippen LogP contribution in [0.3, 0.4) is 0 Å². The maximum atomic E-state index is 8.79. The van der Waals surface area contributed by atoms with E-state index >= 15 is 0 Å². The third kappa shape index (κ3) is 3.65. The van der Waals surface area contributed by atoms with Crippen LogP contribution in [-0.4, -0.2) is 17.8 Å². The SMILES string of the molecule is Cc1cccc(CN[C@H](C)CCO)c1C. The van der Waals surface area contributed by atoms with Gasteiger partial charge in [0.05, 0.1) is 0 Å². The second-order valence-corrected chi connectivity index (χ2v) is 4.15. The zero-order chi connectivity index (χ0) is 11.3. The van der Waals surface area contributed by atoms with Crippen molar-refractivity contribution in [3.8, 4) is 0 Å². The maximum Gasteiger partial charge on any atom is 0.0445 e. The Morgan fingerprint density at radius 2 is 2.07 bits per heavy atom. The van der Waals surface area contributed by atoms with Gasteiger partial charge in [-0.2, -0.15) is 0 Å². The Morgan fingerprint density at radius 1 is 1.33 bits per heavy atom. The Balaban J connectivity index is 2.54. The number of aliphatic hydroxyl groups is 1. The number of hydrogen-bond donors (Lipinski definition) is 2. The molecule has 0 unspecified atom stereocenters. The lowest BCUT2D eigenvalue weighted by Gasteiger charge is -2.14. The van der Waals surface area contributed by atoms with Crippen LogP contribution in [0.2, 0.25) is 0 Å². The molecule has 0 saturated heterocycles. The van der Waals surface area contributed by atoms with E-state index in [0.717, 1.165) is 13.0 Å². The highest BCUT2D eigenvalue weighted by atomic mass is 16.3. The molecule has 0 aliphatic heterocycles. The molecule has 0 aromatic heterocycles. The highest BCUT2D eigenvalue weighted by Gasteiger charge is 2.03. The second kappa shape index (κ2) is 5.89.